The maximum Gasteiger partial charge on any atom is 0.185 e. The van der Waals surface area contributed by atoms with Gasteiger partial charge in [-0.25, -0.2) is 4.98 Å². The Balaban J connectivity index is 2.27. The van der Waals surface area contributed by atoms with E-state index in [1.54, 1.807) is 6.20 Å². The van der Waals surface area contributed by atoms with Crippen molar-refractivity contribution in [3.8, 4) is 0 Å². The highest BCUT2D eigenvalue weighted by Gasteiger charge is 2.18. The normalized spacial score (nSPS) is 12.4. The summed E-state index contributed by atoms with van der Waals surface area (Å²) in [4.78, 5) is 16.5. The van der Waals surface area contributed by atoms with E-state index in [4.69, 9.17) is 0 Å². The highest BCUT2D eigenvalue weighted by atomic mass is 16.1. The summed E-state index contributed by atoms with van der Waals surface area (Å²) in [5, 5.41) is 0. The van der Waals surface area contributed by atoms with E-state index in [-0.39, 0.29) is 11.8 Å². The lowest BCUT2D eigenvalue weighted by molar-refractivity contribution is 0.0933. The summed E-state index contributed by atoms with van der Waals surface area (Å²) in [6, 6.07) is 9.18. The average Bonchev–Trinajstić information content (AvgIpc) is 2.86. The number of ketones is 1. The first-order valence-corrected chi connectivity index (χ1v) is 5.85. The van der Waals surface area contributed by atoms with Crippen molar-refractivity contribution >= 4 is 5.78 Å². The van der Waals surface area contributed by atoms with Crippen LogP contribution in [-0.4, -0.2) is 15.3 Å². The molecule has 0 amide bonds. The molecule has 2 rings (SSSR count). The zero-order valence-corrected chi connectivity index (χ0v) is 10.1. The van der Waals surface area contributed by atoms with E-state index in [2.05, 4.69) is 4.98 Å². The molecule has 0 radical (unpaired) electrons. The number of rotatable bonds is 4. The largest absolute Gasteiger partial charge is 0.324 e. The van der Waals surface area contributed by atoms with Crippen LogP contribution in [0, 0.1) is 0 Å². The number of aromatic nitrogens is 2. The lowest BCUT2D eigenvalue weighted by Gasteiger charge is -2.14. The molecule has 1 aromatic carbocycles. The van der Waals surface area contributed by atoms with Crippen molar-refractivity contribution in [2.24, 2.45) is 0 Å². The molecule has 0 bridgehead atoms. The molecule has 0 aliphatic heterocycles. The maximum absolute atomic E-state index is 12.3. The molecule has 88 valence electrons. The Bertz CT molecular complexity index is 502. The van der Waals surface area contributed by atoms with Crippen LogP contribution in [0.3, 0.4) is 0 Å². The number of hydrogen-bond acceptors (Lipinski definition) is 2. The van der Waals surface area contributed by atoms with Crippen molar-refractivity contribution in [1.29, 1.82) is 0 Å². The quantitative estimate of drug-likeness (QED) is 0.754. The van der Waals surface area contributed by atoms with E-state index >= 15 is 0 Å². The fraction of sp³-hybridized carbons (Fsp3) is 0.286. The molecule has 0 spiro atoms. The van der Waals surface area contributed by atoms with Crippen LogP contribution in [0.1, 0.15) is 36.1 Å². The lowest BCUT2D eigenvalue weighted by atomic mass is 10.1. The second kappa shape index (κ2) is 4.95. The molecule has 17 heavy (non-hydrogen) atoms. The highest BCUT2D eigenvalue weighted by Crippen LogP contribution is 2.16. The van der Waals surface area contributed by atoms with Gasteiger partial charge in [0.2, 0.25) is 0 Å². The number of imidazole rings is 1. The molecule has 0 saturated heterocycles. The summed E-state index contributed by atoms with van der Waals surface area (Å²) >= 11 is 0. The predicted molar refractivity (Wildman–Crippen MR) is 67.1 cm³/mol. The molecular weight excluding hydrogens is 212 g/mol. The van der Waals surface area contributed by atoms with Gasteiger partial charge in [-0.3, -0.25) is 4.79 Å². The van der Waals surface area contributed by atoms with Gasteiger partial charge in [0.25, 0.3) is 0 Å². The number of carbonyl (C=O) groups is 1. The summed E-state index contributed by atoms with van der Waals surface area (Å²) in [5.74, 6) is 1.07. The van der Waals surface area contributed by atoms with Gasteiger partial charge >= 0.3 is 0 Å². The predicted octanol–water partition coefficient (Wildman–Crippen LogP) is 2.89. The van der Waals surface area contributed by atoms with Gasteiger partial charge in [0, 0.05) is 24.4 Å². The van der Waals surface area contributed by atoms with Crippen LogP contribution in [0.4, 0.5) is 0 Å². The first-order chi connectivity index (χ1) is 8.24. The fourth-order valence-corrected chi connectivity index (χ4v) is 1.94. The Morgan fingerprint density at radius 1 is 1.35 bits per heavy atom. The van der Waals surface area contributed by atoms with Gasteiger partial charge in [0.15, 0.2) is 5.78 Å². The summed E-state index contributed by atoms with van der Waals surface area (Å²) in [7, 11) is 0. The van der Waals surface area contributed by atoms with Gasteiger partial charge in [-0.2, -0.15) is 0 Å². The molecule has 3 nitrogen and oxygen atoms in total. The standard InChI is InChI=1S/C14H16N2O/c1-3-13-15-9-10-16(13)11(2)14(17)12-7-5-4-6-8-12/h4-11H,3H2,1-2H3. The molecule has 1 aromatic heterocycles. The van der Waals surface area contributed by atoms with E-state index in [9.17, 15) is 4.79 Å². The van der Waals surface area contributed by atoms with Crippen molar-refractivity contribution in [1.82, 2.24) is 9.55 Å². The van der Waals surface area contributed by atoms with Gasteiger partial charge < -0.3 is 4.57 Å². The SMILES string of the molecule is CCc1nccn1C(C)C(=O)c1ccccc1. The Hall–Kier alpha value is -1.90. The zero-order chi connectivity index (χ0) is 12.3. The van der Waals surface area contributed by atoms with Crippen LogP contribution < -0.4 is 0 Å². The third-order valence-corrected chi connectivity index (χ3v) is 2.92. The number of benzene rings is 1. The summed E-state index contributed by atoms with van der Waals surface area (Å²) in [5.41, 5.74) is 0.746. The molecular formula is C14H16N2O. The fourth-order valence-electron chi connectivity index (χ4n) is 1.94. The number of Topliss-reactive ketones (excluding diaryl/α,β-unsaturated/α-hetero) is 1. The number of aryl methyl sites for hydroxylation is 1. The van der Waals surface area contributed by atoms with Crippen molar-refractivity contribution in [2.75, 3.05) is 0 Å². The van der Waals surface area contributed by atoms with Crippen molar-refractivity contribution in [3.63, 3.8) is 0 Å². The number of nitrogens with zero attached hydrogens (tertiary/aromatic N) is 2. The van der Waals surface area contributed by atoms with E-state index < -0.39 is 0 Å². The van der Waals surface area contributed by atoms with Crippen molar-refractivity contribution < 1.29 is 4.79 Å². The lowest BCUT2D eigenvalue weighted by Crippen LogP contribution is -2.18. The monoisotopic (exact) mass is 228 g/mol. The maximum atomic E-state index is 12.3. The Morgan fingerprint density at radius 3 is 2.71 bits per heavy atom. The average molecular weight is 228 g/mol. The third-order valence-electron chi connectivity index (χ3n) is 2.92. The van der Waals surface area contributed by atoms with Crippen molar-refractivity contribution in [3.05, 3.63) is 54.1 Å². The minimum Gasteiger partial charge on any atom is -0.324 e. The van der Waals surface area contributed by atoms with E-state index in [0.29, 0.717) is 0 Å². The molecule has 0 aliphatic carbocycles. The van der Waals surface area contributed by atoms with Crippen LogP contribution >= 0.6 is 0 Å². The molecule has 0 fully saturated rings. The molecule has 1 heterocycles. The Labute approximate surface area is 101 Å². The molecule has 1 atom stereocenters. The van der Waals surface area contributed by atoms with Gasteiger partial charge in [0.1, 0.15) is 5.82 Å². The topological polar surface area (TPSA) is 34.9 Å². The minimum atomic E-state index is -0.199. The summed E-state index contributed by atoms with van der Waals surface area (Å²) in [6.07, 6.45) is 4.44. The van der Waals surface area contributed by atoms with Crippen LogP contribution in [0.25, 0.3) is 0 Å². The van der Waals surface area contributed by atoms with Crippen LogP contribution in [0.5, 0.6) is 0 Å². The number of hydrogen-bond donors (Lipinski definition) is 0. The summed E-state index contributed by atoms with van der Waals surface area (Å²) < 4.78 is 1.94. The van der Waals surface area contributed by atoms with Gasteiger partial charge in [0.05, 0.1) is 6.04 Å². The van der Waals surface area contributed by atoms with Gasteiger partial charge in [-0.15, -0.1) is 0 Å². The molecule has 0 saturated carbocycles. The molecule has 2 aromatic rings. The molecule has 3 heteroatoms. The van der Waals surface area contributed by atoms with E-state index in [0.717, 1.165) is 17.8 Å². The minimum absolute atomic E-state index is 0.123. The van der Waals surface area contributed by atoms with Crippen LogP contribution in [0.2, 0.25) is 0 Å². The van der Waals surface area contributed by atoms with Gasteiger partial charge in [-0.05, 0) is 6.92 Å². The third kappa shape index (κ3) is 2.28. The second-order valence-electron chi connectivity index (χ2n) is 4.01. The van der Waals surface area contributed by atoms with Crippen LogP contribution in [-0.2, 0) is 6.42 Å². The highest BCUT2D eigenvalue weighted by molar-refractivity contribution is 5.98. The number of carbonyl (C=O) groups excluding carboxylic acids is 1. The second-order valence-corrected chi connectivity index (χ2v) is 4.01. The molecule has 0 N–H and O–H groups in total. The summed E-state index contributed by atoms with van der Waals surface area (Å²) in [6.45, 7) is 3.95. The first kappa shape index (κ1) is 11.6. The Morgan fingerprint density at radius 2 is 2.06 bits per heavy atom. The molecule has 1 unspecified atom stereocenters. The van der Waals surface area contributed by atoms with Gasteiger partial charge in [-0.1, -0.05) is 37.3 Å². The first-order valence-electron chi connectivity index (χ1n) is 5.85. The zero-order valence-electron chi connectivity index (χ0n) is 10.1. The van der Waals surface area contributed by atoms with E-state index in [1.807, 2.05) is 54.9 Å². The Kier molecular flexibility index (Phi) is 3.38. The van der Waals surface area contributed by atoms with Crippen LogP contribution in [0.15, 0.2) is 42.7 Å². The smallest absolute Gasteiger partial charge is 0.185 e. The molecule has 0 aliphatic rings. The van der Waals surface area contributed by atoms with Crippen molar-refractivity contribution in [2.45, 2.75) is 26.3 Å². The van der Waals surface area contributed by atoms with E-state index in [1.165, 1.54) is 0 Å².